The molecule has 1 heterocycles. The summed E-state index contributed by atoms with van der Waals surface area (Å²) in [5, 5.41) is 7.34. The van der Waals surface area contributed by atoms with Gasteiger partial charge in [0.2, 0.25) is 5.91 Å². The molecule has 0 saturated carbocycles. The summed E-state index contributed by atoms with van der Waals surface area (Å²) in [5.74, 6) is 1.23. The van der Waals surface area contributed by atoms with E-state index in [1.54, 1.807) is 12.1 Å². The van der Waals surface area contributed by atoms with Gasteiger partial charge in [0.05, 0.1) is 6.54 Å². The number of benzene rings is 1. The molecule has 0 aliphatic carbocycles. The Hall–Kier alpha value is -0.710. The van der Waals surface area contributed by atoms with Crippen LogP contribution in [0.25, 0.3) is 0 Å². The van der Waals surface area contributed by atoms with E-state index in [1.165, 1.54) is 25.0 Å². The summed E-state index contributed by atoms with van der Waals surface area (Å²) in [6.07, 6.45) is 3.90. The molecule has 104 valence electrons. The van der Waals surface area contributed by atoms with Gasteiger partial charge < -0.3 is 10.6 Å². The molecule has 1 aromatic rings. The minimum atomic E-state index is -0.0249. The molecule has 19 heavy (non-hydrogen) atoms. The van der Waals surface area contributed by atoms with Crippen molar-refractivity contribution >= 4 is 35.0 Å². The Balaban J connectivity index is 1.67. The third-order valence-corrected chi connectivity index (χ3v) is 4.67. The van der Waals surface area contributed by atoms with Gasteiger partial charge in [-0.1, -0.05) is 24.1 Å². The van der Waals surface area contributed by atoms with Crippen molar-refractivity contribution in [1.82, 2.24) is 5.32 Å². The second-order valence-corrected chi connectivity index (χ2v) is 6.52. The smallest absolute Gasteiger partial charge is 0.238 e. The minimum absolute atomic E-state index is 0.0249. The fourth-order valence-corrected chi connectivity index (χ4v) is 3.55. The molecule has 2 rings (SSSR count). The highest BCUT2D eigenvalue weighted by atomic mass is 35.5. The summed E-state index contributed by atoms with van der Waals surface area (Å²) in [6, 6.07) is 7.19. The van der Waals surface area contributed by atoms with Gasteiger partial charge in [0.25, 0.3) is 0 Å². The lowest BCUT2D eigenvalue weighted by atomic mass is 10.2. The van der Waals surface area contributed by atoms with E-state index in [1.807, 2.05) is 23.9 Å². The zero-order valence-electron chi connectivity index (χ0n) is 10.8. The number of hydrogen-bond donors (Lipinski definition) is 2. The van der Waals surface area contributed by atoms with Gasteiger partial charge in [0.15, 0.2) is 0 Å². The van der Waals surface area contributed by atoms with E-state index in [0.29, 0.717) is 16.8 Å². The van der Waals surface area contributed by atoms with E-state index in [2.05, 4.69) is 10.6 Å². The number of hydrogen-bond acceptors (Lipinski definition) is 3. The highest BCUT2D eigenvalue weighted by molar-refractivity contribution is 7.99. The van der Waals surface area contributed by atoms with Crippen molar-refractivity contribution in [1.29, 1.82) is 0 Å². The number of thioether (sulfide) groups is 1. The van der Waals surface area contributed by atoms with Crippen LogP contribution >= 0.6 is 23.4 Å². The molecule has 0 bridgehead atoms. The van der Waals surface area contributed by atoms with Gasteiger partial charge in [0.1, 0.15) is 0 Å². The van der Waals surface area contributed by atoms with Crippen molar-refractivity contribution in [2.24, 2.45) is 0 Å². The molecule has 0 spiro atoms. The first-order valence-corrected chi connectivity index (χ1v) is 8.04. The van der Waals surface area contributed by atoms with Crippen LogP contribution in [0.4, 0.5) is 5.69 Å². The molecule has 1 aliphatic heterocycles. The van der Waals surface area contributed by atoms with Gasteiger partial charge in [0, 0.05) is 22.5 Å². The highest BCUT2D eigenvalue weighted by Crippen LogP contribution is 2.24. The average Bonchev–Trinajstić information content (AvgIpc) is 2.40. The van der Waals surface area contributed by atoms with Crippen LogP contribution < -0.4 is 10.6 Å². The van der Waals surface area contributed by atoms with Gasteiger partial charge in [-0.3, -0.25) is 4.79 Å². The number of nitrogens with one attached hydrogen (secondary N) is 2. The van der Waals surface area contributed by atoms with Gasteiger partial charge in [-0.15, -0.1) is 0 Å². The van der Waals surface area contributed by atoms with E-state index >= 15 is 0 Å². The molecule has 0 aromatic heterocycles. The zero-order valence-corrected chi connectivity index (χ0v) is 12.4. The van der Waals surface area contributed by atoms with Gasteiger partial charge in [-0.05, 0) is 36.8 Å². The first-order chi connectivity index (χ1) is 9.24. The molecule has 1 aromatic carbocycles. The van der Waals surface area contributed by atoms with Crippen molar-refractivity contribution in [2.45, 2.75) is 24.5 Å². The molecule has 1 fully saturated rings. The number of carbonyl (C=O) groups is 1. The summed E-state index contributed by atoms with van der Waals surface area (Å²) in [4.78, 5) is 11.7. The molecule has 5 heteroatoms. The fraction of sp³-hybridized carbons (Fsp3) is 0.500. The molecule has 1 atom stereocenters. The molecular formula is C14H19ClN2OS. The third kappa shape index (κ3) is 5.43. The standard InChI is InChI=1S/C14H19ClN2OS/c15-11-4-3-5-12(8-11)17-14(18)10-16-9-13-6-1-2-7-19-13/h3-5,8,13,16H,1-2,6-7,9-10H2,(H,17,18). The van der Waals surface area contributed by atoms with Crippen LogP contribution in [0.3, 0.4) is 0 Å². The van der Waals surface area contributed by atoms with Crippen LogP contribution in [-0.2, 0) is 4.79 Å². The van der Waals surface area contributed by atoms with Crippen LogP contribution in [0.5, 0.6) is 0 Å². The minimum Gasteiger partial charge on any atom is -0.325 e. The topological polar surface area (TPSA) is 41.1 Å². The Morgan fingerprint density at radius 2 is 2.32 bits per heavy atom. The molecule has 0 radical (unpaired) electrons. The Labute approximate surface area is 123 Å². The van der Waals surface area contributed by atoms with Crippen molar-refractivity contribution in [2.75, 3.05) is 24.2 Å². The quantitative estimate of drug-likeness (QED) is 0.877. The lowest BCUT2D eigenvalue weighted by molar-refractivity contribution is -0.115. The zero-order chi connectivity index (χ0) is 13.5. The van der Waals surface area contributed by atoms with E-state index in [0.717, 1.165) is 12.2 Å². The van der Waals surface area contributed by atoms with Crippen LogP contribution in [-0.4, -0.2) is 30.0 Å². The summed E-state index contributed by atoms with van der Waals surface area (Å²) in [7, 11) is 0. The summed E-state index contributed by atoms with van der Waals surface area (Å²) in [6.45, 7) is 1.26. The van der Waals surface area contributed by atoms with Gasteiger partial charge in [-0.25, -0.2) is 0 Å². The normalized spacial score (nSPS) is 19.1. The molecule has 1 aliphatic rings. The first-order valence-electron chi connectivity index (χ1n) is 6.62. The van der Waals surface area contributed by atoms with Gasteiger partial charge in [-0.2, -0.15) is 11.8 Å². The van der Waals surface area contributed by atoms with E-state index in [9.17, 15) is 4.79 Å². The summed E-state index contributed by atoms with van der Waals surface area (Å²) < 4.78 is 0. The maximum atomic E-state index is 11.7. The van der Waals surface area contributed by atoms with Crippen molar-refractivity contribution in [3.05, 3.63) is 29.3 Å². The Bertz CT molecular complexity index is 422. The second-order valence-electron chi connectivity index (χ2n) is 4.68. The maximum Gasteiger partial charge on any atom is 0.238 e. The molecule has 2 N–H and O–H groups in total. The molecule has 1 saturated heterocycles. The van der Waals surface area contributed by atoms with Gasteiger partial charge >= 0.3 is 0 Å². The van der Waals surface area contributed by atoms with Crippen molar-refractivity contribution in [3.8, 4) is 0 Å². The number of halogens is 1. The van der Waals surface area contributed by atoms with E-state index < -0.39 is 0 Å². The van der Waals surface area contributed by atoms with Crippen LogP contribution in [0.1, 0.15) is 19.3 Å². The SMILES string of the molecule is O=C(CNCC1CCCCS1)Nc1cccc(Cl)c1. The van der Waals surface area contributed by atoms with Crippen LogP contribution in [0.15, 0.2) is 24.3 Å². The Morgan fingerprint density at radius 1 is 1.42 bits per heavy atom. The predicted molar refractivity (Wildman–Crippen MR) is 83.0 cm³/mol. The predicted octanol–water partition coefficient (Wildman–Crippen LogP) is 3.15. The van der Waals surface area contributed by atoms with E-state index in [4.69, 9.17) is 11.6 Å². The first kappa shape index (κ1) is 14.7. The number of amides is 1. The molecular weight excluding hydrogens is 280 g/mol. The fourth-order valence-electron chi connectivity index (χ4n) is 2.09. The lowest BCUT2D eigenvalue weighted by Crippen LogP contribution is -2.33. The monoisotopic (exact) mass is 298 g/mol. The maximum absolute atomic E-state index is 11.7. The Morgan fingerprint density at radius 3 is 3.05 bits per heavy atom. The molecule has 1 amide bonds. The largest absolute Gasteiger partial charge is 0.325 e. The molecule has 3 nitrogen and oxygen atoms in total. The molecule has 1 unspecified atom stereocenters. The Kier molecular flexibility index (Phi) is 6.01. The van der Waals surface area contributed by atoms with E-state index in [-0.39, 0.29) is 5.91 Å². The average molecular weight is 299 g/mol. The lowest BCUT2D eigenvalue weighted by Gasteiger charge is -2.21. The van der Waals surface area contributed by atoms with Crippen LogP contribution in [0, 0.1) is 0 Å². The highest BCUT2D eigenvalue weighted by Gasteiger charge is 2.13. The summed E-state index contributed by atoms with van der Waals surface area (Å²) in [5.41, 5.74) is 0.742. The van der Waals surface area contributed by atoms with Crippen molar-refractivity contribution in [3.63, 3.8) is 0 Å². The second kappa shape index (κ2) is 7.78. The number of anilines is 1. The third-order valence-electron chi connectivity index (χ3n) is 3.04. The number of carbonyl (C=O) groups excluding carboxylic acids is 1. The summed E-state index contributed by atoms with van der Waals surface area (Å²) >= 11 is 7.87. The van der Waals surface area contributed by atoms with Crippen LogP contribution in [0.2, 0.25) is 5.02 Å². The van der Waals surface area contributed by atoms with Crippen molar-refractivity contribution < 1.29 is 4.79 Å². The number of rotatable bonds is 5.